The first-order valence-electron chi connectivity index (χ1n) is 6.64. The molecule has 0 radical (unpaired) electrons. The number of rotatable bonds is 4. The number of ether oxygens (including phenoxy) is 1. The van der Waals surface area contributed by atoms with Gasteiger partial charge in [0.25, 0.3) is 0 Å². The van der Waals surface area contributed by atoms with Gasteiger partial charge in [0, 0.05) is 5.41 Å². The first kappa shape index (κ1) is 14.4. The molecule has 106 valence electrons. The van der Waals surface area contributed by atoms with Crippen molar-refractivity contribution in [2.45, 2.75) is 32.5 Å². The Bertz CT molecular complexity index is 554. The second-order valence-electron chi connectivity index (χ2n) is 5.41. The zero-order chi connectivity index (χ0) is 14.8. The van der Waals surface area contributed by atoms with Crippen molar-refractivity contribution in [3.05, 3.63) is 59.7 Å². The van der Waals surface area contributed by atoms with Crippen LogP contribution in [0, 0.1) is 0 Å². The Morgan fingerprint density at radius 2 is 1.35 bits per heavy atom. The largest absolute Gasteiger partial charge is 0.508 e. The predicted molar refractivity (Wildman–Crippen MR) is 79.0 cm³/mol. The van der Waals surface area contributed by atoms with Crippen molar-refractivity contribution in [2.24, 2.45) is 0 Å². The summed E-state index contributed by atoms with van der Waals surface area (Å²) in [6, 6.07) is 14.9. The van der Waals surface area contributed by atoms with Crippen LogP contribution in [0.3, 0.4) is 0 Å². The van der Waals surface area contributed by atoms with Gasteiger partial charge < -0.3 is 14.9 Å². The highest BCUT2D eigenvalue weighted by atomic mass is 16.6. The van der Waals surface area contributed by atoms with E-state index in [-0.39, 0.29) is 11.2 Å². The second kappa shape index (κ2) is 5.55. The molecule has 0 spiro atoms. The highest BCUT2D eigenvalue weighted by Gasteiger charge is 2.23. The van der Waals surface area contributed by atoms with Gasteiger partial charge in [-0.1, -0.05) is 38.1 Å². The summed E-state index contributed by atoms with van der Waals surface area (Å²) in [5.41, 5.74) is 2.09. The van der Waals surface area contributed by atoms with E-state index in [4.69, 9.17) is 4.74 Å². The van der Waals surface area contributed by atoms with Gasteiger partial charge in [0.2, 0.25) is 0 Å². The lowest BCUT2D eigenvalue weighted by molar-refractivity contribution is -0.000308. The summed E-state index contributed by atoms with van der Waals surface area (Å²) in [6.45, 7) is 5.84. The molecule has 0 aliphatic heterocycles. The predicted octanol–water partition coefficient (Wildman–Crippen LogP) is 3.44. The third-order valence-corrected chi connectivity index (χ3v) is 3.47. The average molecular weight is 272 g/mol. The Kier molecular flexibility index (Phi) is 4.00. The van der Waals surface area contributed by atoms with Gasteiger partial charge >= 0.3 is 0 Å². The minimum absolute atomic E-state index is 0.170. The maximum atomic E-state index is 9.37. The van der Waals surface area contributed by atoms with Crippen molar-refractivity contribution in [1.82, 2.24) is 0 Å². The third kappa shape index (κ3) is 3.11. The van der Waals surface area contributed by atoms with E-state index in [0.29, 0.717) is 5.75 Å². The molecule has 2 rings (SSSR count). The molecule has 2 N–H and O–H groups in total. The fourth-order valence-corrected chi connectivity index (χ4v) is 2.19. The van der Waals surface area contributed by atoms with Crippen LogP contribution in [0.5, 0.6) is 11.5 Å². The quantitative estimate of drug-likeness (QED) is 0.838. The second-order valence-corrected chi connectivity index (χ2v) is 5.41. The lowest BCUT2D eigenvalue weighted by Crippen LogP contribution is -2.18. The minimum atomic E-state index is -0.814. The Morgan fingerprint density at radius 3 is 1.80 bits per heavy atom. The Labute approximate surface area is 119 Å². The Hall–Kier alpha value is -2.00. The number of aromatic hydroxyl groups is 1. The van der Waals surface area contributed by atoms with Crippen LogP contribution < -0.4 is 4.74 Å². The van der Waals surface area contributed by atoms with Crippen LogP contribution in [0.25, 0.3) is 0 Å². The summed E-state index contributed by atoms with van der Waals surface area (Å²) in [7, 11) is 0. The van der Waals surface area contributed by atoms with Crippen molar-refractivity contribution in [2.75, 3.05) is 0 Å². The number of hydrogen-bond acceptors (Lipinski definition) is 3. The molecule has 0 aliphatic carbocycles. The molecule has 20 heavy (non-hydrogen) atoms. The fourth-order valence-electron chi connectivity index (χ4n) is 2.19. The van der Waals surface area contributed by atoms with Crippen LogP contribution >= 0.6 is 0 Å². The Balaban J connectivity index is 2.27. The summed E-state index contributed by atoms with van der Waals surface area (Å²) in [4.78, 5) is 0. The summed E-state index contributed by atoms with van der Waals surface area (Å²) < 4.78 is 5.23. The average Bonchev–Trinajstić information content (AvgIpc) is 2.39. The summed E-state index contributed by atoms with van der Waals surface area (Å²) in [5.74, 6) is 0.912. The van der Waals surface area contributed by atoms with Gasteiger partial charge in [0.1, 0.15) is 11.5 Å². The van der Waals surface area contributed by atoms with Gasteiger partial charge in [-0.2, -0.15) is 0 Å². The molecule has 3 heteroatoms. The fraction of sp³-hybridized carbons (Fsp3) is 0.294. The normalized spacial score (nSPS) is 13.0. The van der Waals surface area contributed by atoms with Gasteiger partial charge in [0.15, 0.2) is 6.29 Å². The van der Waals surface area contributed by atoms with Crippen molar-refractivity contribution in [1.29, 1.82) is 0 Å². The number of phenolic OH excluding ortho intramolecular Hbond substituents is 1. The van der Waals surface area contributed by atoms with Crippen molar-refractivity contribution < 1.29 is 14.9 Å². The zero-order valence-electron chi connectivity index (χ0n) is 12.0. The smallest absolute Gasteiger partial charge is 0.194 e. The molecular formula is C17H20O3. The number of hydrogen-bond donors (Lipinski definition) is 2. The number of phenols is 1. The van der Waals surface area contributed by atoms with Crippen molar-refractivity contribution in [3.8, 4) is 11.5 Å². The molecule has 0 aromatic heterocycles. The maximum Gasteiger partial charge on any atom is 0.194 e. The zero-order valence-corrected chi connectivity index (χ0v) is 12.0. The summed E-state index contributed by atoms with van der Waals surface area (Å²) in [6.07, 6.45) is -0.814. The molecule has 1 atom stereocenters. The monoisotopic (exact) mass is 272 g/mol. The van der Waals surface area contributed by atoms with Crippen LogP contribution in [0.2, 0.25) is 0 Å². The van der Waals surface area contributed by atoms with E-state index in [1.54, 1.807) is 19.1 Å². The third-order valence-electron chi connectivity index (χ3n) is 3.47. The lowest BCUT2D eigenvalue weighted by atomic mass is 9.78. The highest BCUT2D eigenvalue weighted by Crippen LogP contribution is 2.33. The van der Waals surface area contributed by atoms with Crippen LogP contribution in [-0.2, 0) is 5.41 Å². The SMILES string of the molecule is C[C@@H](O)Oc1ccc(C(C)(C)c2ccc(O)cc2)cc1. The first-order valence-corrected chi connectivity index (χ1v) is 6.64. The van der Waals surface area contributed by atoms with Crippen molar-refractivity contribution >= 4 is 0 Å². The standard InChI is InChI=1S/C17H20O3/c1-12(18)20-16-10-6-14(7-11-16)17(2,3)13-4-8-15(19)9-5-13/h4-12,18-19H,1-3H3/t12-/m0/s1. The maximum absolute atomic E-state index is 9.37. The molecule has 0 aliphatic rings. The van der Waals surface area contributed by atoms with E-state index in [0.717, 1.165) is 11.1 Å². The minimum Gasteiger partial charge on any atom is -0.508 e. The van der Waals surface area contributed by atoms with Gasteiger partial charge in [-0.25, -0.2) is 0 Å². The van der Waals surface area contributed by atoms with Gasteiger partial charge in [-0.3, -0.25) is 0 Å². The molecule has 0 amide bonds. The summed E-state index contributed by atoms with van der Waals surface area (Å²) >= 11 is 0. The molecule has 3 nitrogen and oxygen atoms in total. The molecule has 0 fully saturated rings. The van der Waals surface area contributed by atoms with Gasteiger partial charge in [-0.05, 0) is 42.3 Å². The molecule has 2 aromatic carbocycles. The first-order chi connectivity index (χ1) is 9.39. The van der Waals surface area contributed by atoms with Gasteiger partial charge in [-0.15, -0.1) is 0 Å². The van der Waals surface area contributed by atoms with Crippen LogP contribution in [0.1, 0.15) is 31.9 Å². The Morgan fingerprint density at radius 1 is 0.900 bits per heavy atom. The molecule has 0 saturated heterocycles. The van der Waals surface area contributed by atoms with E-state index in [1.807, 2.05) is 36.4 Å². The van der Waals surface area contributed by atoms with E-state index in [1.165, 1.54) is 0 Å². The van der Waals surface area contributed by atoms with Crippen molar-refractivity contribution in [3.63, 3.8) is 0 Å². The van der Waals surface area contributed by atoms with E-state index in [2.05, 4.69) is 13.8 Å². The highest BCUT2D eigenvalue weighted by molar-refractivity contribution is 5.41. The van der Waals surface area contributed by atoms with E-state index in [9.17, 15) is 10.2 Å². The molecule has 0 saturated carbocycles. The molecule has 2 aromatic rings. The van der Waals surface area contributed by atoms with Crippen LogP contribution in [0.15, 0.2) is 48.5 Å². The molecular weight excluding hydrogens is 252 g/mol. The molecule has 0 unspecified atom stereocenters. The number of aliphatic hydroxyl groups excluding tert-OH is 1. The number of benzene rings is 2. The summed E-state index contributed by atoms with van der Waals surface area (Å²) in [5, 5.41) is 18.6. The van der Waals surface area contributed by atoms with Gasteiger partial charge in [0.05, 0.1) is 0 Å². The molecule has 0 bridgehead atoms. The van der Waals surface area contributed by atoms with E-state index >= 15 is 0 Å². The van der Waals surface area contributed by atoms with E-state index < -0.39 is 6.29 Å². The topological polar surface area (TPSA) is 49.7 Å². The molecule has 0 heterocycles. The van der Waals surface area contributed by atoms with Crippen LogP contribution in [0.4, 0.5) is 0 Å². The lowest BCUT2D eigenvalue weighted by Gasteiger charge is -2.26. The van der Waals surface area contributed by atoms with Crippen LogP contribution in [-0.4, -0.2) is 16.5 Å². The number of aliphatic hydroxyl groups is 1.